The summed E-state index contributed by atoms with van der Waals surface area (Å²) in [5, 5.41) is 13.1. The van der Waals surface area contributed by atoms with E-state index in [1.165, 1.54) is 18.4 Å². The van der Waals surface area contributed by atoms with Gasteiger partial charge >= 0.3 is 12.0 Å². The summed E-state index contributed by atoms with van der Waals surface area (Å²) in [6.07, 6.45) is 4.29. The van der Waals surface area contributed by atoms with Crippen LogP contribution in [0.1, 0.15) is 41.5 Å². The zero-order chi connectivity index (χ0) is 21.1. The number of esters is 1. The number of hydrogen-bond donors (Lipinski definition) is 1. The van der Waals surface area contributed by atoms with E-state index in [0.29, 0.717) is 37.0 Å². The fourth-order valence-electron chi connectivity index (χ4n) is 3.63. The molecule has 2 aromatic rings. The maximum atomic E-state index is 12.8. The number of hydrogen-bond acceptors (Lipinski definition) is 8. The van der Waals surface area contributed by atoms with Crippen LogP contribution in [0, 0.1) is 0 Å². The third-order valence-electron chi connectivity index (χ3n) is 5.21. The molecule has 1 atom stereocenters. The molecule has 0 aromatic carbocycles. The van der Waals surface area contributed by atoms with Gasteiger partial charge in [0.05, 0.1) is 31.5 Å². The molecule has 0 unspecified atom stereocenters. The summed E-state index contributed by atoms with van der Waals surface area (Å²) in [5.74, 6) is -0.556. The van der Waals surface area contributed by atoms with Gasteiger partial charge in [-0.25, -0.2) is 19.3 Å². The van der Waals surface area contributed by atoms with Crippen molar-refractivity contribution in [1.82, 2.24) is 30.2 Å². The molecule has 11 nitrogen and oxygen atoms in total. The molecule has 4 heterocycles. The molecule has 0 bridgehead atoms. The second-order valence-electron chi connectivity index (χ2n) is 7.25. The van der Waals surface area contributed by atoms with E-state index in [-0.39, 0.29) is 30.1 Å². The number of methoxy groups -OCH3 is 1. The van der Waals surface area contributed by atoms with Crippen molar-refractivity contribution < 1.29 is 19.1 Å². The largest absolute Gasteiger partial charge is 0.464 e. The number of aromatic nitrogens is 4. The summed E-state index contributed by atoms with van der Waals surface area (Å²) in [7, 11) is 1.30. The van der Waals surface area contributed by atoms with E-state index in [1.54, 1.807) is 20.7 Å². The van der Waals surface area contributed by atoms with Gasteiger partial charge in [-0.1, -0.05) is 5.21 Å². The third-order valence-corrected chi connectivity index (χ3v) is 6.12. The molecule has 0 saturated carbocycles. The Morgan fingerprint density at radius 3 is 3.00 bits per heavy atom. The number of likely N-dealkylation sites (tertiary alicyclic amines) is 1. The average Bonchev–Trinajstić information content (AvgIpc) is 3.44. The molecule has 0 radical (unpaired) electrons. The summed E-state index contributed by atoms with van der Waals surface area (Å²) in [6.45, 7) is 2.47. The minimum atomic E-state index is -0.535. The van der Waals surface area contributed by atoms with Crippen LogP contribution in [0.25, 0.3) is 0 Å². The Bertz CT molecular complexity index is 943. The van der Waals surface area contributed by atoms with Gasteiger partial charge < -0.3 is 15.0 Å². The lowest BCUT2D eigenvalue weighted by Crippen LogP contribution is -2.46. The third kappa shape index (κ3) is 4.27. The van der Waals surface area contributed by atoms with Gasteiger partial charge in [-0.2, -0.15) is 0 Å². The van der Waals surface area contributed by atoms with Gasteiger partial charge in [0, 0.05) is 31.6 Å². The molecule has 2 aliphatic rings. The molecule has 2 saturated heterocycles. The van der Waals surface area contributed by atoms with Crippen molar-refractivity contribution >= 4 is 34.4 Å². The summed E-state index contributed by atoms with van der Waals surface area (Å²) in [6, 6.07) is -0.192. The second kappa shape index (κ2) is 8.78. The van der Waals surface area contributed by atoms with Crippen molar-refractivity contribution in [2.75, 3.05) is 38.2 Å². The maximum Gasteiger partial charge on any atom is 0.360 e. The number of thiazole rings is 1. The number of urea groups is 1. The van der Waals surface area contributed by atoms with Gasteiger partial charge in [0.1, 0.15) is 0 Å². The Hall–Kier alpha value is -3.02. The minimum Gasteiger partial charge on any atom is -0.464 e. The van der Waals surface area contributed by atoms with Gasteiger partial charge in [-0.3, -0.25) is 9.69 Å². The highest BCUT2D eigenvalue weighted by Gasteiger charge is 2.28. The Balaban J connectivity index is 1.37. The molecule has 1 N–H and O–H groups in total. The monoisotopic (exact) mass is 433 g/mol. The van der Waals surface area contributed by atoms with Gasteiger partial charge in [0.15, 0.2) is 10.8 Å². The Morgan fingerprint density at radius 2 is 2.20 bits per heavy atom. The number of anilines is 1. The van der Waals surface area contributed by atoms with Crippen molar-refractivity contribution in [3.8, 4) is 0 Å². The van der Waals surface area contributed by atoms with E-state index in [4.69, 9.17) is 0 Å². The molecule has 3 amide bonds. The molecule has 2 aliphatic heterocycles. The molecule has 160 valence electrons. The van der Waals surface area contributed by atoms with E-state index >= 15 is 0 Å². The SMILES string of the molecule is COC(=O)c1cn([C@H]2CCCN(C(=O)Cc3csc(N4CCCNC4=O)n3)C2)nn1. The number of carbonyl (C=O) groups is 3. The smallest absolute Gasteiger partial charge is 0.360 e. The molecule has 2 aromatic heterocycles. The standard InChI is InChI=1S/C18H23N7O4S/c1-29-16(27)14-10-25(22-21-14)13-4-2-6-23(9-13)15(26)8-12-11-30-18(20-12)24-7-3-5-19-17(24)28/h10-11,13H,2-9H2,1H3,(H,19,28)/t13-/m0/s1. The highest BCUT2D eigenvalue weighted by atomic mass is 32.1. The number of ether oxygens (including phenoxy) is 1. The predicted molar refractivity (Wildman–Crippen MR) is 107 cm³/mol. The van der Waals surface area contributed by atoms with Crippen molar-refractivity contribution in [3.63, 3.8) is 0 Å². The van der Waals surface area contributed by atoms with E-state index in [9.17, 15) is 14.4 Å². The lowest BCUT2D eigenvalue weighted by atomic mass is 10.1. The fraction of sp³-hybridized carbons (Fsp3) is 0.556. The summed E-state index contributed by atoms with van der Waals surface area (Å²) < 4.78 is 6.29. The Morgan fingerprint density at radius 1 is 1.33 bits per heavy atom. The van der Waals surface area contributed by atoms with Crippen LogP contribution in [-0.4, -0.2) is 76.1 Å². The van der Waals surface area contributed by atoms with Gasteiger partial charge in [0.25, 0.3) is 0 Å². The molecular weight excluding hydrogens is 410 g/mol. The summed E-state index contributed by atoms with van der Waals surface area (Å²) in [5.41, 5.74) is 0.812. The summed E-state index contributed by atoms with van der Waals surface area (Å²) in [4.78, 5) is 44.3. The van der Waals surface area contributed by atoms with Gasteiger partial charge in [-0.05, 0) is 19.3 Å². The first-order valence-corrected chi connectivity index (χ1v) is 10.7. The normalized spacial score (nSPS) is 19.5. The maximum absolute atomic E-state index is 12.8. The Kier molecular flexibility index (Phi) is 5.93. The van der Waals surface area contributed by atoms with Gasteiger partial charge in [-0.15, -0.1) is 16.4 Å². The first kappa shape index (κ1) is 20.3. The zero-order valence-electron chi connectivity index (χ0n) is 16.6. The van der Waals surface area contributed by atoms with Crippen LogP contribution >= 0.6 is 11.3 Å². The number of carbonyl (C=O) groups excluding carboxylic acids is 3. The molecule has 4 rings (SSSR count). The zero-order valence-corrected chi connectivity index (χ0v) is 17.4. The lowest BCUT2D eigenvalue weighted by Gasteiger charge is -2.32. The highest BCUT2D eigenvalue weighted by molar-refractivity contribution is 7.14. The number of nitrogens with zero attached hydrogens (tertiary/aromatic N) is 6. The van der Waals surface area contributed by atoms with Crippen LogP contribution < -0.4 is 10.2 Å². The molecular formula is C18H23N7O4S. The average molecular weight is 433 g/mol. The molecule has 30 heavy (non-hydrogen) atoms. The van der Waals surface area contributed by atoms with E-state index in [0.717, 1.165) is 19.3 Å². The fourth-order valence-corrected chi connectivity index (χ4v) is 4.48. The van der Waals surface area contributed by atoms with Crippen LogP contribution in [0.5, 0.6) is 0 Å². The number of amides is 3. The molecule has 12 heteroatoms. The van der Waals surface area contributed by atoms with E-state index in [1.807, 2.05) is 5.38 Å². The van der Waals surface area contributed by atoms with Crippen LogP contribution in [0.4, 0.5) is 9.93 Å². The second-order valence-corrected chi connectivity index (χ2v) is 8.08. The van der Waals surface area contributed by atoms with Crippen molar-refractivity contribution in [2.24, 2.45) is 0 Å². The first-order chi connectivity index (χ1) is 14.5. The van der Waals surface area contributed by atoms with Crippen LogP contribution in [0.3, 0.4) is 0 Å². The van der Waals surface area contributed by atoms with Crippen LogP contribution in [0.2, 0.25) is 0 Å². The van der Waals surface area contributed by atoms with Crippen molar-refractivity contribution in [2.45, 2.75) is 31.7 Å². The molecule has 2 fully saturated rings. The van der Waals surface area contributed by atoms with E-state index < -0.39 is 5.97 Å². The highest BCUT2D eigenvalue weighted by Crippen LogP contribution is 2.24. The van der Waals surface area contributed by atoms with Crippen LogP contribution in [-0.2, 0) is 16.0 Å². The molecule has 0 aliphatic carbocycles. The predicted octanol–water partition coefficient (Wildman–Crippen LogP) is 0.847. The quantitative estimate of drug-likeness (QED) is 0.694. The summed E-state index contributed by atoms with van der Waals surface area (Å²) >= 11 is 1.37. The van der Waals surface area contributed by atoms with Gasteiger partial charge in [0.2, 0.25) is 5.91 Å². The number of piperidine rings is 1. The lowest BCUT2D eigenvalue weighted by molar-refractivity contribution is -0.132. The Labute approximate surface area is 177 Å². The number of rotatable bonds is 5. The van der Waals surface area contributed by atoms with Crippen molar-refractivity contribution in [1.29, 1.82) is 0 Å². The topological polar surface area (TPSA) is 123 Å². The van der Waals surface area contributed by atoms with E-state index in [2.05, 4.69) is 25.3 Å². The molecule has 0 spiro atoms. The minimum absolute atomic E-state index is 0.0204. The van der Waals surface area contributed by atoms with Crippen molar-refractivity contribution in [3.05, 3.63) is 23.0 Å². The first-order valence-electron chi connectivity index (χ1n) is 9.83. The number of nitrogens with one attached hydrogen (secondary N) is 1. The van der Waals surface area contributed by atoms with Crippen LogP contribution in [0.15, 0.2) is 11.6 Å².